The zero-order valence-corrected chi connectivity index (χ0v) is 15.2. The number of fused-ring (bicyclic) bond motifs is 1. The number of nitrogens with one attached hydrogen (secondary N) is 2. The second kappa shape index (κ2) is 7.36. The molecule has 0 spiro atoms. The number of hydrogen-bond acceptors (Lipinski definition) is 6. The van der Waals surface area contributed by atoms with Crippen molar-refractivity contribution in [3.63, 3.8) is 0 Å². The summed E-state index contributed by atoms with van der Waals surface area (Å²) < 4.78 is 15.8. The number of amides is 1. The van der Waals surface area contributed by atoms with Crippen molar-refractivity contribution in [1.82, 2.24) is 9.97 Å². The van der Waals surface area contributed by atoms with E-state index in [0.29, 0.717) is 16.7 Å². The van der Waals surface area contributed by atoms with Crippen LogP contribution in [-0.4, -0.2) is 30.1 Å². The van der Waals surface area contributed by atoms with E-state index in [0.717, 1.165) is 0 Å². The number of anilines is 1. The van der Waals surface area contributed by atoms with Crippen molar-refractivity contribution in [2.45, 2.75) is 6.61 Å². The summed E-state index contributed by atoms with van der Waals surface area (Å²) in [5, 5.41) is 2.87. The Bertz CT molecular complexity index is 1040. The summed E-state index contributed by atoms with van der Waals surface area (Å²) in [5.74, 6) is 0.158. The maximum Gasteiger partial charge on any atom is 0.268 e. The Morgan fingerprint density at radius 1 is 1.38 bits per heavy atom. The van der Waals surface area contributed by atoms with Crippen LogP contribution in [0.25, 0.3) is 11.0 Å². The van der Waals surface area contributed by atoms with Crippen LogP contribution in [0.2, 0.25) is 10.0 Å². The summed E-state index contributed by atoms with van der Waals surface area (Å²) in [5.41, 5.74) is -0.0728. The number of nitrogens with zero attached hydrogens (tertiary/aromatic N) is 1. The minimum atomic E-state index is -0.574. The Kier molecular flexibility index (Phi) is 5.17. The van der Waals surface area contributed by atoms with Gasteiger partial charge in [-0.2, -0.15) is 0 Å². The third kappa shape index (κ3) is 3.26. The molecule has 0 unspecified atom stereocenters. The van der Waals surface area contributed by atoms with Gasteiger partial charge in [0, 0.05) is 24.9 Å². The van der Waals surface area contributed by atoms with E-state index in [2.05, 4.69) is 15.3 Å². The van der Waals surface area contributed by atoms with Gasteiger partial charge in [-0.05, 0) is 6.07 Å². The predicted octanol–water partition coefficient (Wildman–Crippen LogP) is 3.23. The van der Waals surface area contributed by atoms with Gasteiger partial charge in [-0.25, -0.2) is 4.98 Å². The molecule has 3 aromatic heterocycles. The van der Waals surface area contributed by atoms with Crippen LogP contribution >= 0.6 is 23.2 Å². The van der Waals surface area contributed by atoms with Crippen molar-refractivity contribution in [2.75, 3.05) is 19.5 Å². The van der Waals surface area contributed by atoms with E-state index < -0.39 is 11.5 Å². The molecule has 26 heavy (non-hydrogen) atoms. The maximum absolute atomic E-state index is 12.7. The lowest BCUT2D eigenvalue weighted by atomic mass is 10.1. The topological polar surface area (TPSA) is 106 Å². The monoisotopic (exact) mass is 397 g/mol. The molecule has 0 radical (unpaired) electrons. The number of aromatic nitrogens is 2. The number of H-pyrrole nitrogens is 1. The first-order chi connectivity index (χ1) is 12.5. The van der Waals surface area contributed by atoms with Gasteiger partial charge in [0.1, 0.15) is 17.4 Å². The summed E-state index contributed by atoms with van der Waals surface area (Å²) in [4.78, 5) is 30.8. The first kappa shape index (κ1) is 18.2. The zero-order chi connectivity index (χ0) is 18.8. The van der Waals surface area contributed by atoms with Crippen LogP contribution < -0.4 is 15.6 Å². The van der Waals surface area contributed by atoms with Crippen LogP contribution in [0.1, 0.15) is 16.1 Å². The molecule has 0 aromatic carbocycles. The highest BCUT2D eigenvalue weighted by atomic mass is 35.5. The van der Waals surface area contributed by atoms with E-state index in [-0.39, 0.29) is 33.8 Å². The van der Waals surface area contributed by atoms with Crippen LogP contribution in [0.3, 0.4) is 0 Å². The van der Waals surface area contributed by atoms with Gasteiger partial charge in [-0.3, -0.25) is 9.59 Å². The van der Waals surface area contributed by atoms with Crippen LogP contribution in [0, 0.1) is 0 Å². The van der Waals surface area contributed by atoms with E-state index in [9.17, 15) is 9.59 Å². The molecule has 3 rings (SSSR count). The van der Waals surface area contributed by atoms with Crippen LogP contribution in [-0.2, 0) is 11.3 Å². The second-order valence-corrected chi connectivity index (χ2v) is 5.96. The largest absolute Gasteiger partial charge is 0.478 e. The summed E-state index contributed by atoms with van der Waals surface area (Å²) in [6.45, 7) is 0.213. The van der Waals surface area contributed by atoms with Gasteiger partial charge in [0.2, 0.25) is 0 Å². The number of aromatic amines is 1. The number of hydrogen-bond donors (Lipinski definition) is 2. The molecule has 0 atom stereocenters. The molecule has 136 valence electrons. The molecule has 3 aromatic rings. The Labute approximate surface area is 157 Å². The van der Waals surface area contributed by atoms with Crippen molar-refractivity contribution in [3.05, 3.63) is 50.2 Å². The maximum atomic E-state index is 12.7. The number of carbonyl (C=O) groups excluding carboxylic acids is 1. The molecule has 0 saturated heterocycles. The van der Waals surface area contributed by atoms with E-state index in [1.165, 1.54) is 26.6 Å². The summed E-state index contributed by atoms with van der Waals surface area (Å²) in [6.07, 6.45) is 2.57. The first-order valence-corrected chi connectivity index (χ1v) is 8.04. The minimum absolute atomic E-state index is 0.00617. The van der Waals surface area contributed by atoms with E-state index >= 15 is 0 Å². The highest BCUT2D eigenvalue weighted by Gasteiger charge is 2.21. The molecule has 10 heteroatoms. The van der Waals surface area contributed by atoms with Gasteiger partial charge in [0.15, 0.2) is 5.58 Å². The molecule has 0 saturated carbocycles. The zero-order valence-electron chi connectivity index (χ0n) is 13.7. The molecule has 3 heterocycles. The Morgan fingerprint density at radius 2 is 2.15 bits per heavy atom. The number of carbonyl (C=O) groups is 1. The molecule has 0 bridgehead atoms. The molecule has 0 aliphatic carbocycles. The van der Waals surface area contributed by atoms with E-state index in [4.69, 9.17) is 37.1 Å². The Morgan fingerprint density at radius 3 is 2.85 bits per heavy atom. The summed E-state index contributed by atoms with van der Waals surface area (Å²) in [6, 6.07) is 1.65. The average molecular weight is 398 g/mol. The standard InChI is InChI=1S/C16H13Cl2N3O5/c1-24-6-7-3-8-9(4-20-16(25-2)13(8)26-7)14(22)21-12-10(17)5-19-15(23)11(12)18/h3-5H,6H2,1-2H3,(H2,19,21,22,23). The predicted molar refractivity (Wildman–Crippen MR) is 96.3 cm³/mol. The lowest BCUT2D eigenvalue weighted by Crippen LogP contribution is -2.17. The van der Waals surface area contributed by atoms with E-state index in [1.807, 2.05) is 0 Å². The normalized spacial score (nSPS) is 10.9. The quantitative estimate of drug-likeness (QED) is 0.684. The molecule has 2 N–H and O–H groups in total. The smallest absolute Gasteiger partial charge is 0.268 e. The molecular weight excluding hydrogens is 385 g/mol. The number of halogens is 2. The van der Waals surface area contributed by atoms with Crippen molar-refractivity contribution >= 4 is 45.8 Å². The minimum Gasteiger partial charge on any atom is -0.478 e. The van der Waals surface area contributed by atoms with Crippen molar-refractivity contribution in [3.8, 4) is 5.88 Å². The van der Waals surface area contributed by atoms with E-state index in [1.54, 1.807) is 6.07 Å². The van der Waals surface area contributed by atoms with Gasteiger partial charge in [-0.15, -0.1) is 0 Å². The lowest BCUT2D eigenvalue weighted by Gasteiger charge is -2.09. The third-order valence-corrected chi connectivity index (χ3v) is 4.19. The van der Waals surface area contributed by atoms with Crippen LogP contribution in [0.4, 0.5) is 5.69 Å². The molecule has 0 fully saturated rings. The fourth-order valence-electron chi connectivity index (χ4n) is 2.37. The Balaban J connectivity index is 2.06. The number of rotatable bonds is 5. The fourth-order valence-corrected chi connectivity index (χ4v) is 2.82. The highest BCUT2D eigenvalue weighted by molar-refractivity contribution is 6.39. The van der Waals surface area contributed by atoms with Gasteiger partial charge in [0.05, 0.1) is 23.4 Å². The van der Waals surface area contributed by atoms with Gasteiger partial charge < -0.3 is 24.2 Å². The SMILES string of the molecule is COCc1cc2c(C(=O)Nc3c(Cl)c[nH]c(=O)c3Cl)cnc(OC)c2o1. The van der Waals surface area contributed by atoms with Crippen LogP contribution in [0.15, 0.2) is 27.7 Å². The molecule has 1 amide bonds. The molecule has 0 aliphatic heterocycles. The summed E-state index contributed by atoms with van der Waals surface area (Å²) >= 11 is 11.9. The van der Waals surface area contributed by atoms with Crippen molar-refractivity contribution < 1.29 is 18.7 Å². The van der Waals surface area contributed by atoms with Gasteiger partial charge in [0.25, 0.3) is 17.3 Å². The number of pyridine rings is 2. The number of ether oxygens (including phenoxy) is 2. The fraction of sp³-hybridized carbons (Fsp3) is 0.188. The summed E-state index contributed by atoms with van der Waals surface area (Å²) in [7, 11) is 2.96. The third-order valence-electron chi connectivity index (χ3n) is 3.53. The molecule has 0 aliphatic rings. The number of methoxy groups -OCH3 is 2. The average Bonchev–Trinajstić information content (AvgIpc) is 3.05. The number of furan rings is 1. The highest BCUT2D eigenvalue weighted by Crippen LogP contribution is 2.32. The van der Waals surface area contributed by atoms with Crippen molar-refractivity contribution in [2.24, 2.45) is 0 Å². The molecule has 8 nitrogen and oxygen atoms in total. The lowest BCUT2D eigenvalue weighted by molar-refractivity contribution is 0.102. The van der Waals surface area contributed by atoms with Crippen LogP contribution in [0.5, 0.6) is 5.88 Å². The van der Waals surface area contributed by atoms with Crippen molar-refractivity contribution in [1.29, 1.82) is 0 Å². The first-order valence-electron chi connectivity index (χ1n) is 7.28. The second-order valence-electron chi connectivity index (χ2n) is 5.18. The Hall–Kier alpha value is -2.55. The van der Waals surface area contributed by atoms with Gasteiger partial charge >= 0.3 is 0 Å². The molecular formula is C16H13Cl2N3O5. The van der Waals surface area contributed by atoms with Gasteiger partial charge in [-0.1, -0.05) is 23.2 Å².